The van der Waals surface area contributed by atoms with Crippen LogP contribution < -0.4 is 5.56 Å². The van der Waals surface area contributed by atoms with Gasteiger partial charge in [0.25, 0.3) is 5.56 Å². The van der Waals surface area contributed by atoms with Gasteiger partial charge in [0.05, 0.1) is 19.3 Å². The minimum Gasteiger partial charge on any atom is -0.477 e. The molecule has 1 unspecified atom stereocenters. The Morgan fingerprint density at radius 1 is 1.61 bits per heavy atom. The molecule has 0 aliphatic carbocycles. The smallest absolute Gasteiger partial charge is 0.341 e. The lowest BCUT2D eigenvalue weighted by molar-refractivity contribution is -0.0279. The van der Waals surface area contributed by atoms with Crippen molar-refractivity contribution in [3.63, 3.8) is 0 Å². The maximum Gasteiger partial charge on any atom is 0.341 e. The lowest BCUT2D eigenvalue weighted by atomic mass is 10.2. The minimum absolute atomic E-state index is 0.0782. The number of carboxylic acid groups (broad SMARTS) is 1. The van der Waals surface area contributed by atoms with Crippen LogP contribution in [0.25, 0.3) is 0 Å². The van der Waals surface area contributed by atoms with E-state index in [9.17, 15) is 9.59 Å². The van der Waals surface area contributed by atoms with E-state index in [1.165, 1.54) is 10.6 Å². The number of rotatable bonds is 3. The molecule has 1 saturated heterocycles. The quantitative estimate of drug-likeness (QED) is 0.812. The largest absolute Gasteiger partial charge is 0.477 e. The molecular weight excluding hydrogens is 236 g/mol. The highest BCUT2D eigenvalue weighted by Gasteiger charge is 2.19. The third kappa shape index (κ3) is 2.77. The second kappa shape index (κ2) is 5.32. The summed E-state index contributed by atoms with van der Waals surface area (Å²) in [4.78, 5) is 24.9. The summed E-state index contributed by atoms with van der Waals surface area (Å²) in [6.45, 7) is 2.63. The Kier molecular flexibility index (Phi) is 3.78. The monoisotopic (exact) mass is 252 g/mol. The van der Waals surface area contributed by atoms with Gasteiger partial charge < -0.3 is 19.3 Å². The van der Waals surface area contributed by atoms with Gasteiger partial charge in [-0.1, -0.05) is 0 Å². The molecule has 98 valence electrons. The number of carbonyl (C=O) groups is 1. The van der Waals surface area contributed by atoms with Crippen molar-refractivity contribution in [1.82, 2.24) is 9.47 Å². The average molecular weight is 252 g/mol. The van der Waals surface area contributed by atoms with Gasteiger partial charge in [-0.15, -0.1) is 0 Å². The normalized spacial score (nSPS) is 20.8. The van der Waals surface area contributed by atoms with E-state index in [0.29, 0.717) is 13.2 Å². The van der Waals surface area contributed by atoms with Crippen LogP contribution in [0.3, 0.4) is 0 Å². The molecule has 1 aromatic heterocycles. The van der Waals surface area contributed by atoms with E-state index in [4.69, 9.17) is 9.84 Å². The maximum atomic E-state index is 11.9. The molecule has 1 atom stereocenters. The predicted octanol–water partition coefficient (Wildman–Crippen LogP) is -0.123. The minimum atomic E-state index is -1.20. The Labute approximate surface area is 104 Å². The summed E-state index contributed by atoms with van der Waals surface area (Å²) in [5, 5.41) is 8.89. The second-order valence-corrected chi connectivity index (χ2v) is 4.44. The molecule has 0 saturated carbocycles. The maximum absolute atomic E-state index is 11.9. The Hall–Kier alpha value is -1.66. The molecule has 1 N–H and O–H groups in total. The van der Waals surface area contributed by atoms with E-state index in [0.717, 1.165) is 13.1 Å². The topological polar surface area (TPSA) is 71.8 Å². The van der Waals surface area contributed by atoms with Crippen LogP contribution in [0, 0.1) is 0 Å². The molecule has 1 aliphatic rings. The van der Waals surface area contributed by atoms with Crippen molar-refractivity contribution in [1.29, 1.82) is 0 Å². The SMILES string of the molecule is CN1CCOC(Cn2cccc(C(=O)O)c2=O)C1. The number of aromatic nitrogens is 1. The van der Waals surface area contributed by atoms with Crippen LogP contribution in [-0.2, 0) is 11.3 Å². The van der Waals surface area contributed by atoms with Crippen molar-refractivity contribution in [3.05, 3.63) is 34.2 Å². The van der Waals surface area contributed by atoms with Gasteiger partial charge in [0.1, 0.15) is 5.56 Å². The number of ether oxygens (including phenoxy) is 1. The fourth-order valence-electron chi connectivity index (χ4n) is 2.04. The van der Waals surface area contributed by atoms with E-state index in [2.05, 4.69) is 4.90 Å². The van der Waals surface area contributed by atoms with Crippen molar-refractivity contribution in [2.75, 3.05) is 26.7 Å². The van der Waals surface area contributed by atoms with Crippen LogP contribution in [0.4, 0.5) is 0 Å². The summed E-state index contributed by atoms with van der Waals surface area (Å²) < 4.78 is 6.95. The van der Waals surface area contributed by atoms with Crippen LogP contribution in [0.1, 0.15) is 10.4 Å². The molecular formula is C12H16N2O4. The van der Waals surface area contributed by atoms with Crippen LogP contribution in [0.5, 0.6) is 0 Å². The molecule has 0 aromatic carbocycles. The zero-order valence-electron chi connectivity index (χ0n) is 10.2. The highest BCUT2D eigenvalue weighted by atomic mass is 16.5. The third-order valence-electron chi connectivity index (χ3n) is 2.99. The van der Waals surface area contributed by atoms with Crippen molar-refractivity contribution < 1.29 is 14.6 Å². The summed E-state index contributed by atoms with van der Waals surface area (Å²) in [5.74, 6) is -1.20. The van der Waals surface area contributed by atoms with Gasteiger partial charge in [-0.25, -0.2) is 4.79 Å². The summed E-state index contributed by atoms with van der Waals surface area (Å²) in [6.07, 6.45) is 1.51. The first kappa shape index (κ1) is 12.8. The fourth-order valence-corrected chi connectivity index (χ4v) is 2.04. The summed E-state index contributed by atoms with van der Waals surface area (Å²) in [6, 6.07) is 2.88. The van der Waals surface area contributed by atoms with Gasteiger partial charge in [0, 0.05) is 19.3 Å². The molecule has 0 spiro atoms. The number of aromatic carboxylic acids is 1. The molecule has 1 aromatic rings. The first-order valence-corrected chi connectivity index (χ1v) is 5.81. The third-order valence-corrected chi connectivity index (χ3v) is 2.99. The second-order valence-electron chi connectivity index (χ2n) is 4.44. The first-order valence-electron chi connectivity index (χ1n) is 5.81. The zero-order valence-corrected chi connectivity index (χ0v) is 10.2. The lowest BCUT2D eigenvalue weighted by Gasteiger charge is -2.30. The van der Waals surface area contributed by atoms with Crippen LogP contribution in [-0.4, -0.2) is 53.4 Å². The number of likely N-dealkylation sites (N-methyl/N-ethyl adjacent to an activating group) is 1. The number of morpholine rings is 1. The highest BCUT2D eigenvalue weighted by Crippen LogP contribution is 2.05. The standard InChI is InChI=1S/C12H16N2O4/c1-13-5-6-18-9(7-13)8-14-4-2-3-10(11(14)15)12(16)17/h2-4,9H,5-8H2,1H3,(H,16,17). The van der Waals surface area contributed by atoms with Gasteiger partial charge in [-0.05, 0) is 19.2 Å². The van der Waals surface area contributed by atoms with Crippen LogP contribution in [0.2, 0.25) is 0 Å². The van der Waals surface area contributed by atoms with Gasteiger partial charge in [-0.2, -0.15) is 0 Å². The number of carboxylic acids is 1. The average Bonchev–Trinajstić information content (AvgIpc) is 2.31. The summed E-state index contributed by atoms with van der Waals surface area (Å²) in [7, 11) is 1.99. The first-order chi connectivity index (χ1) is 8.58. The van der Waals surface area contributed by atoms with Crippen LogP contribution >= 0.6 is 0 Å². The fraction of sp³-hybridized carbons (Fsp3) is 0.500. The van der Waals surface area contributed by atoms with Gasteiger partial charge >= 0.3 is 5.97 Å². The summed E-state index contributed by atoms with van der Waals surface area (Å²) >= 11 is 0. The zero-order chi connectivity index (χ0) is 13.1. The van der Waals surface area contributed by atoms with Gasteiger partial charge in [0.15, 0.2) is 0 Å². The van der Waals surface area contributed by atoms with Crippen molar-refractivity contribution in [2.45, 2.75) is 12.6 Å². The van der Waals surface area contributed by atoms with Gasteiger partial charge in [-0.3, -0.25) is 4.79 Å². The highest BCUT2D eigenvalue weighted by molar-refractivity contribution is 5.86. The van der Waals surface area contributed by atoms with E-state index in [-0.39, 0.29) is 11.7 Å². The van der Waals surface area contributed by atoms with Crippen molar-refractivity contribution >= 4 is 5.97 Å². The molecule has 6 nitrogen and oxygen atoms in total. The predicted molar refractivity (Wildman–Crippen MR) is 64.9 cm³/mol. The number of nitrogens with zero attached hydrogens (tertiary/aromatic N) is 2. The Bertz CT molecular complexity index is 497. The van der Waals surface area contributed by atoms with E-state index in [1.807, 2.05) is 7.05 Å². The number of hydrogen-bond donors (Lipinski definition) is 1. The summed E-state index contributed by atoms with van der Waals surface area (Å²) in [5.41, 5.74) is -0.691. The van der Waals surface area contributed by atoms with Crippen LogP contribution in [0.15, 0.2) is 23.1 Å². The van der Waals surface area contributed by atoms with E-state index >= 15 is 0 Å². The van der Waals surface area contributed by atoms with Crippen molar-refractivity contribution in [2.24, 2.45) is 0 Å². The Morgan fingerprint density at radius 2 is 2.39 bits per heavy atom. The molecule has 2 rings (SSSR count). The van der Waals surface area contributed by atoms with E-state index in [1.54, 1.807) is 12.3 Å². The molecule has 0 radical (unpaired) electrons. The molecule has 0 bridgehead atoms. The molecule has 18 heavy (non-hydrogen) atoms. The van der Waals surface area contributed by atoms with Crippen molar-refractivity contribution in [3.8, 4) is 0 Å². The number of pyridine rings is 1. The number of hydrogen-bond acceptors (Lipinski definition) is 4. The molecule has 2 heterocycles. The lowest BCUT2D eigenvalue weighted by Crippen LogP contribution is -2.43. The molecule has 1 fully saturated rings. The molecule has 1 aliphatic heterocycles. The van der Waals surface area contributed by atoms with Gasteiger partial charge in [0.2, 0.25) is 0 Å². The Morgan fingerprint density at radius 3 is 3.06 bits per heavy atom. The Balaban J connectivity index is 2.16. The van der Waals surface area contributed by atoms with E-state index < -0.39 is 11.5 Å². The molecule has 0 amide bonds. The molecule has 6 heteroatoms.